The van der Waals surface area contributed by atoms with Gasteiger partial charge in [0.1, 0.15) is 0 Å². The molecule has 0 radical (unpaired) electrons. The van der Waals surface area contributed by atoms with E-state index in [4.69, 9.17) is 4.74 Å². The molecule has 88 valence electrons. The second-order valence-corrected chi connectivity index (χ2v) is 5.34. The van der Waals surface area contributed by atoms with Crippen molar-refractivity contribution in [2.24, 2.45) is 5.92 Å². The van der Waals surface area contributed by atoms with Crippen molar-refractivity contribution in [2.75, 3.05) is 12.9 Å². The number of carbonyl (C=O) groups excluding carboxylic acids is 2. The molecule has 0 bridgehead atoms. The highest BCUT2D eigenvalue weighted by molar-refractivity contribution is 8.13. The van der Waals surface area contributed by atoms with Crippen molar-refractivity contribution in [2.45, 2.75) is 13.3 Å². The minimum Gasteiger partial charge on any atom is -0.469 e. The molecule has 0 aliphatic heterocycles. The van der Waals surface area contributed by atoms with Crippen molar-refractivity contribution in [1.82, 2.24) is 0 Å². The van der Waals surface area contributed by atoms with Gasteiger partial charge < -0.3 is 4.74 Å². The lowest BCUT2D eigenvalue weighted by atomic mass is 10.0. The van der Waals surface area contributed by atoms with Crippen molar-refractivity contribution in [3.05, 3.63) is 22.4 Å². The van der Waals surface area contributed by atoms with E-state index in [0.29, 0.717) is 12.2 Å². The number of thiophene rings is 1. The maximum Gasteiger partial charge on any atom is 0.309 e. The molecule has 0 saturated carbocycles. The second kappa shape index (κ2) is 6.70. The summed E-state index contributed by atoms with van der Waals surface area (Å²) >= 11 is 2.77. The van der Waals surface area contributed by atoms with E-state index in [1.54, 1.807) is 11.3 Å². The Morgan fingerprint density at radius 1 is 1.56 bits per heavy atom. The fourth-order valence-corrected chi connectivity index (χ4v) is 2.66. The van der Waals surface area contributed by atoms with Gasteiger partial charge in [-0.15, -0.1) is 0 Å². The van der Waals surface area contributed by atoms with Gasteiger partial charge >= 0.3 is 5.97 Å². The molecule has 0 aromatic carbocycles. The summed E-state index contributed by atoms with van der Waals surface area (Å²) in [6, 6.07) is 1.99. The molecule has 1 aromatic heterocycles. The Bertz CT molecular complexity index is 346. The zero-order valence-electron chi connectivity index (χ0n) is 9.26. The SMILES string of the molecule is COC(=O)C(CSC(C)=O)Cc1ccsc1. The average Bonchev–Trinajstić information content (AvgIpc) is 2.75. The molecule has 0 aliphatic rings. The number of methoxy groups -OCH3 is 1. The molecule has 0 amide bonds. The quantitative estimate of drug-likeness (QED) is 0.760. The van der Waals surface area contributed by atoms with Gasteiger partial charge in [0, 0.05) is 12.7 Å². The van der Waals surface area contributed by atoms with Gasteiger partial charge in [-0.1, -0.05) is 11.8 Å². The van der Waals surface area contributed by atoms with Crippen LogP contribution in [0.25, 0.3) is 0 Å². The lowest BCUT2D eigenvalue weighted by Gasteiger charge is -2.12. The first-order chi connectivity index (χ1) is 7.63. The van der Waals surface area contributed by atoms with Crippen molar-refractivity contribution < 1.29 is 14.3 Å². The third-order valence-corrected chi connectivity index (χ3v) is 3.79. The van der Waals surface area contributed by atoms with Crippen LogP contribution in [0.3, 0.4) is 0 Å². The highest BCUT2D eigenvalue weighted by Gasteiger charge is 2.20. The van der Waals surface area contributed by atoms with E-state index in [0.717, 1.165) is 5.56 Å². The first-order valence-electron chi connectivity index (χ1n) is 4.85. The van der Waals surface area contributed by atoms with Crippen LogP contribution in [0.15, 0.2) is 16.8 Å². The Morgan fingerprint density at radius 3 is 2.81 bits per heavy atom. The van der Waals surface area contributed by atoms with Crippen LogP contribution in [-0.2, 0) is 20.7 Å². The van der Waals surface area contributed by atoms with Crippen molar-refractivity contribution in [3.8, 4) is 0 Å². The zero-order valence-corrected chi connectivity index (χ0v) is 10.9. The van der Waals surface area contributed by atoms with Gasteiger partial charge in [-0.2, -0.15) is 11.3 Å². The minimum absolute atomic E-state index is 0.0271. The van der Waals surface area contributed by atoms with E-state index in [2.05, 4.69) is 0 Å². The molecule has 0 N–H and O–H groups in total. The number of hydrogen-bond acceptors (Lipinski definition) is 5. The molecule has 1 rings (SSSR count). The van der Waals surface area contributed by atoms with Gasteiger partial charge in [0.25, 0.3) is 0 Å². The highest BCUT2D eigenvalue weighted by atomic mass is 32.2. The first-order valence-corrected chi connectivity index (χ1v) is 6.78. The molecule has 1 aromatic rings. The first kappa shape index (κ1) is 13.3. The monoisotopic (exact) mass is 258 g/mol. The zero-order chi connectivity index (χ0) is 12.0. The topological polar surface area (TPSA) is 43.4 Å². The molecule has 1 unspecified atom stereocenters. The number of carbonyl (C=O) groups is 2. The van der Waals surface area contributed by atoms with E-state index < -0.39 is 0 Å². The van der Waals surface area contributed by atoms with E-state index in [1.165, 1.54) is 25.8 Å². The normalized spacial score (nSPS) is 12.1. The fraction of sp³-hybridized carbons (Fsp3) is 0.455. The standard InChI is InChI=1S/C11H14O3S2/c1-8(12)16-7-10(11(13)14-2)5-9-3-4-15-6-9/h3-4,6,10H,5,7H2,1-2H3. The minimum atomic E-state index is -0.250. The van der Waals surface area contributed by atoms with Crippen LogP contribution in [-0.4, -0.2) is 23.9 Å². The van der Waals surface area contributed by atoms with Crippen molar-refractivity contribution in [1.29, 1.82) is 0 Å². The summed E-state index contributed by atoms with van der Waals surface area (Å²) in [5.74, 6) is -0.00819. The van der Waals surface area contributed by atoms with Crippen LogP contribution < -0.4 is 0 Å². The maximum atomic E-state index is 11.5. The lowest BCUT2D eigenvalue weighted by molar-refractivity contribution is -0.144. The predicted octanol–water partition coefficient (Wildman–Crippen LogP) is 2.36. The number of thioether (sulfide) groups is 1. The Morgan fingerprint density at radius 2 is 2.31 bits per heavy atom. The van der Waals surface area contributed by atoms with Crippen LogP contribution in [0, 0.1) is 5.92 Å². The Hall–Kier alpha value is -0.810. The second-order valence-electron chi connectivity index (χ2n) is 3.36. The number of esters is 1. The molecule has 5 heteroatoms. The number of ether oxygens (including phenoxy) is 1. The third kappa shape index (κ3) is 4.37. The van der Waals surface area contributed by atoms with Crippen LogP contribution in [0.4, 0.5) is 0 Å². The Balaban J connectivity index is 2.56. The van der Waals surface area contributed by atoms with E-state index in [-0.39, 0.29) is 17.0 Å². The van der Waals surface area contributed by atoms with E-state index in [1.807, 2.05) is 16.8 Å². The predicted molar refractivity (Wildman–Crippen MR) is 66.7 cm³/mol. The molecule has 16 heavy (non-hydrogen) atoms. The van der Waals surface area contributed by atoms with Gasteiger partial charge in [-0.05, 0) is 28.8 Å². The molecule has 1 heterocycles. The van der Waals surface area contributed by atoms with Gasteiger partial charge in [0.05, 0.1) is 13.0 Å². The summed E-state index contributed by atoms with van der Waals surface area (Å²) in [6.45, 7) is 1.50. The molecule has 3 nitrogen and oxygen atoms in total. The van der Waals surface area contributed by atoms with Crippen LogP contribution >= 0.6 is 23.1 Å². The van der Waals surface area contributed by atoms with Gasteiger partial charge in [-0.3, -0.25) is 9.59 Å². The summed E-state index contributed by atoms with van der Waals surface area (Å²) in [7, 11) is 1.38. The third-order valence-electron chi connectivity index (χ3n) is 2.08. The van der Waals surface area contributed by atoms with Crippen molar-refractivity contribution >= 4 is 34.2 Å². The summed E-state index contributed by atoms with van der Waals surface area (Å²) in [6.07, 6.45) is 0.635. The van der Waals surface area contributed by atoms with E-state index in [9.17, 15) is 9.59 Å². The summed E-state index contributed by atoms with van der Waals surface area (Å²) in [4.78, 5) is 22.4. The van der Waals surface area contributed by atoms with Crippen LogP contribution in [0.5, 0.6) is 0 Å². The molecule has 0 aliphatic carbocycles. The maximum absolute atomic E-state index is 11.5. The summed E-state index contributed by atoms with van der Waals surface area (Å²) < 4.78 is 4.73. The lowest BCUT2D eigenvalue weighted by Crippen LogP contribution is -2.21. The molecular weight excluding hydrogens is 244 g/mol. The largest absolute Gasteiger partial charge is 0.469 e. The molecule has 0 fully saturated rings. The van der Waals surface area contributed by atoms with Gasteiger partial charge in [-0.25, -0.2) is 0 Å². The van der Waals surface area contributed by atoms with Gasteiger partial charge in [0.2, 0.25) is 0 Å². The molecule has 0 spiro atoms. The average molecular weight is 258 g/mol. The van der Waals surface area contributed by atoms with Crippen molar-refractivity contribution in [3.63, 3.8) is 0 Å². The fourth-order valence-electron chi connectivity index (χ4n) is 1.29. The van der Waals surface area contributed by atoms with E-state index >= 15 is 0 Å². The van der Waals surface area contributed by atoms with Crippen LogP contribution in [0.2, 0.25) is 0 Å². The molecule has 1 atom stereocenters. The number of rotatable bonds is 5. The highest BCUT2D eigenvalue weighted by Crippen LogP contribution is 2.18. The van der Waals surface area contributed by atoms with Crippen LogP contribution in [0.1, 0.15) is 12.5 Å². The summed E-state index contributed by atoms with van der Waals surface area (Å²) in [5.41, 5.74) is 1.12. The number of hydrogen-bond donors (Lipinski definition) is 0. The summed E-state index contributed by atoms with van der Waals surface area (Å²) in [5, 5.41) is 4.01. The Kier molecular flexibility index (Phi) is 5.55. The van der Waals surface area contributed by atoms with Gasteiger partial charge in [0.15, 0.2) is 5.12 Å². The smallest absolute Gasteiger partial charge is 0.309 e. The Labute approximate surface area is 103 Å². The molecule has 0 saturated heterocycles. The molecular formula is C11H14O3S2.